The Morgan fingerprint density at radius 2 is 2.42 bits per heavy atom. The highest BCUT2D eigenvalue weighted by Crippen LogP contribution is 2.13. The Morgan fingerprint density at radius 1 is 1.58 bits per heavy atom. The first-order chi connectivity index (χ1) is 9.20. The van der Waals surface area contributed by atoms with Gasteiger partial charge < -0.3 is 21.5 Å². The fraction of sp³-hybridized carbons (Fsp3) is 0.250. The number of hydrogen-bond acceptors (Lipinski definition) is 6. The lowest BCUT2D eigenvalue weighted by Gasteiger charge is -2.02. The second-order valence-electron chi connectivity index (χ2n) is 3.93. The highest BCUT2D eigenvalue weighted by Gasteiger charge is 2.18. The number of aliphatic hydroxyl groups excluding tert-OH is 1. The van der Waals surface area contributed by atoms with E-state index in [1.165, 1.54) is 6.21 Å². The molecule has 1 amide bonds. The molecular weight excluding hydrogens is 246 g/mol. The highest BCUT2D eigenvalue weighted by atomic mass is 16.3. The van der Waals surface area contributed by atoms with Gasteiger partial charge in [0.05, 0.1) is 30.6 Å². The standard InChI is InChI=1S/C12H15N5O2/c13-10-7-17-12(19)9(10)6-15-8-1-2-11(16-5-8)14-3-4-18/h1-2,5-6,18H,3-4,7,13H2,(H,14,16)(H,17,19). The van der Waals surface area contributed by atoms with Crippen molar-refractivity contribution in [3.63, 3.8) is 0 Å². The molecule has 1 aliphatic heterocycles. The molecule has 0 spiro atoms. The average Bonchev–Trinajstić information content (AvgIpc) is 2.75. The molecule has 0 atom stereocenters. The smallest absolute Gasteiger partial charge is 0.254 e. The molecule has 0 bridgehead atoms. The van der Waals surface area contributed by atoms with Crippen molar-refractivity contribution in [2.45, 2.75) is 0 Å². The van der Waals surface area contributed by atoms with Crippen LogP contribution in [0.1, 0.15) is 0 Å². The van der Waals surface area contributed by atoms with Crippen LogP contribution in [0.15, 0.2) is 34.6 Å². The number of carbonyl (C=O) groups is 1. The van der Waals surface area contributed by atoms with Crippen molar-refractivity contribution in [3.8, 4) is 0 Å². The fourth-order valence-electron chi connectivity index (χ4n) is 1.54. The van der Waals surface area contributed by atoms with Crippen LogP contribution in [-0.2, 0) is 4.79 Å². The van der Waals surface area contributed by atoms with Gasteiger partial charge in [0, 0.05) is 18.5 Å². The summed E-state index contributed by atoms with van der Waals surface area (Å²) in [6, 6.07) is 3.50. The fourth-order valence-corrected chi connectivity index (χ4v) is 1.54. The molecule has 0 radical (unpaired) electrons. The summed E-state index contributed by atoms with van der Waals surface area (Å²) in [6.45, 7) is 0.853. The Bertz CT molecular complexity index is 521. The summed E-state index contributed by atoms with van der Waals surface area (Å²) in [5.41, 5.74) is 7.17. The maximum Gasteiger partial charge on any atom is 0.254 e. The van der Waals surface area contributed by atoms with Gasteiger partial charge in [-0.2, -0.15) is 0 Å². The zero-order valence-electron chi connectivity index (χ0n) is 10.3. The molecule has 0 fully saturated rings. The molecule has 5 N–H and O–H groups in total. The van der Waals surface area contributed by atoms with Crippen LogP contribution in [0, 0.1) is 0 Å². The largest absolute Gasteiger partial charge is 0.400 e. The quantitative estimate of drug-likeness (QED) is 0.535. The van der Waals surface area contributed by atoms with E-state index in [0.29, 0.717) is 35.9 Å². The predicted molar refractivity (Wildman–Crippen MR) is 72.2 cm³/mol. The van der Waals surface area contributed by atoms with Crippen LogP contribution in [0.2, 0.25) is 0 Å². The minimum Gasteiger partial charge on any atom is -0.400 e. The summed E-state index contributed by atoms with van der Waals surface area (Å²) in [6.07, 6.45) is 3.01. The van der Waals surface area contributed by atoms with Crippen LogP contribution in [-0.4, -0.2) is 41.9 Å². The summed E-state index contributed by atoms with van der Waals surface area (Å²) >= 11 is 0. The summed E-state index contributed by atoms with van der Waals surface area (Å²) < 4.78 is 0. The molecule has 0 saturated carbocycles. The number of rotatable bonds is 5. The lowest BCUT2D eigenvalue weighted by atomic mass is 10.2. The first-order valence-electron chi connectivity index (χ1n) is 5.82. The molecule has 19 heavy (non-hydrogen) atoms. The molecule has 1 aromatic rings. The third-order valence-electron chi connectivity index (χ3n) is 2.54. The van der Waals surface area contributed by atoms with Gasteiger partial charge in [0.1, 0.15) is 5.82 Å². The number of anilines is 1. The van der Waals surface area contributed by atoms with E-state index in [4.69, 9.17) is 10.8 Å². The second kappa shape index (κ2) is 5.96. The molecule has 0 unspecified atom stereocenters. The van der Waals surface area contributed by atoms with E-state index < -0.39 is 0 Å². The summed E-state index contributed by atoms with van der Waals surface area (Å²) in [7, 11) is 0. The maximum absolute atomic E-state index is 11.4. The van der Waals surface area contributed by atoms with E-state index >= 15 is 0 Å². The van der Waals surface area contributed by atoms with E-state index in [9.17, 15) is 4.79 Å². The third-order valence-corrected chi connectivity index (χ3v) is 2.54. The lowest BCUT2D eigenvalue weighted by molar-refractivity contribution is -0.116. The Kier molecular flexibility index (Phi) is 4.09. The van der Waals surface area contributed by atoms with Gasteiger partial charge in [-0.15, -0.1) is 0 Å². The van der Waals surface area contributed by atoms with Gasteiger partial charge in [0.2, 0.25) is 0 Å². The lowest BCUT2D eigenvalue weighted by Crippen LogP contribution is -2.18. The first-order valence-corrected chi connectivity index (χ1v) is 5.82. The molecule has 7 heteroatoms. The third kappa shape index (κ3) is 3.29. The van der Waals surface area contributed by atoms with Crippen LogP contribution in [0.25, 0.3) is 0 Å². The summed E-state index contributed by atoms with van der Waals surface area (Å²) in [4.78, 5) is 19.7. The Labute approximate surface area is 110 Å². The van der Waals surface area contributed by atoms with Crippen LogP contribution in [0.4, 0.5) is 11.5 Å². The molecule has 7 nitrogen and oxygen atoms in total. The van der Waals surface area contributed by atoms with Gasteiger partial charge >= 0.3 is 0 Å². The van der Waals surface area contributed by atoms with Crippen LogP contribution < -0.4 is 16.4 Å². The van der Waals surface area contributed by atoms with E-state index in [-0.39, 0.29) is 12.5 Å². The van der Waals surface area contributed by atoms with Crippen molar-refractivity contribution in [3.05, 3.63) is 29.6 Å². The topological polar surface area (TPSA) is 113 Å². The van der Waals surface area contributed by atoms with Crippen molar-refractivity contribution in [1.82, 2.24) is 10.3 Å². The van der Waals surface area contributed by atoms with Crippen molar-refractivity contribution >= 4 is 23.6 Å². The highest BCUT2D eigenvalue weighted by molar-refractivity contribution is 6.15. The first kappa shape index (κ1) is 13.0. The Hall–Kier alpha value is -2.41. The van der Waals surface area contributed by atoms with Crippen molar-refractivity contribution in [2.75, 3.05) is 25.0 Å². The normalized spacial score (nSPS) is 15.1. The van der Waals surface area contributed by atoms with E-state index in [1.807, 2.05) is 0 Å². The van der Waals surface area contributed by atoms with E-state index in [1.54, 1.807) is 18.3 Å². The van der Waals surface area contributed by atoms with E-state index in [2.05, 4.69) is 20.6 Å². The molecule has 2 heterocycles. The number of amides is 1. The molecule has 0 saturated heterocycles. The van der Waals surface area contributed by atoms with Gasteiger partial charge in [-0.1, -0.05) is 0 Å². The van der Waals surface area contributed by atoms with Gasteiger partial charge in [-0.05, 0) is 12.1 Å². The van der Waals surface area contributed by atoms with Crippen molar-refractivity contribution in [2.24, 2.45) is 10.7 Å². The van der Waals surface area contributed by atoms with Gasteiger partial charge in [0.25, 0.3) is 5.91 Å². The number of aromatic nitrogens is 1. The maximum atomic E-state index is 11.4. The number of carbonyl (C=O) groups excluding carboxylic acids is 1. The second-order valence-corrected chi connectivity index (χ2v) is 3.93. The summed E-state index contributed by atoms with van der Waals surface area (Å²) in [5.74, 6) is 0.445. The molecule has 0 aliphatic carbocycles. The molecular formula is C12H15N5O2. The number of nitrogens with two attached hydrogens (primary N) is 1. The molecule has 1 aromatic heterocycles. The average molecular weight is 261 g/mol. The number of hydrogen-bond donors (Lipinski definition) is 4. The van der Waals surface area contributed by atoms with Gasteiger partial charge in [-0.3, -0.25) is 9.79 Å². The van der Waals surface area contributed by atoms with Crippen molar-refractivity contribution in [1.29, 1.82) is 0 Å². The molecule has 2 rings (SSSR count). The number of aliphatic hydroxyl groups is 1. The molecule has 100 valence electrons. The van der Waals surface area contributed by atoms with Crippen LogP contribution in [0.5, 0.6) is 0 Å². The van der Waals surface area contributed by atoms with Crippen LogP contribution in [0.3, 0.4) is 0 Å². The van der Waals surface area contributed by atoms with E-state index in [0.717, 1.165) is 0 Å². The Morgan fingerprint density at radius 3 is 3.00 bits per heavy atom. The zero-order valence-corrected chi connectivity index (χ0v) is 10.3. The number of nitrogens with zero attached hydrogens (tertiary/aromatic N) is 2. The SMILES string of the molecule is NC1=C(C=Nc2ccc(NCCO)nc2)C(=O)NC1. The van der Waals surface area contributed by atoms with Crippen LogP contribution >= 0.6 is 0 Å². The molecule has 0 aromatic carbocycles. The van der Waals surface area contributed by atoms with Gasteiger partial charge in [0.15, 0.2) is 0 Å². The van der Waals surface area contributed by atoms with Gasteiger partial charge in [-0.25, -0.2) is 4.98 Å². The number of pyridine rings is 1. The van der Waals surface area contributed by atoms with Crippen molar-refractivity contribution < 1.29 is 9.90 Å². The summed E-state index contributed by atoms with van der Waals surface area (Å²) in [5, 5.41) is 14.2. The monoisotopic (exact) mass is 261 g/mol. The predicted octanol–water partition coefficient (Wildman–Crippen LogP) is -0.469. The Balaban J connectivity index is 2.03. The molecule has 1 aliphatic rings. The zero-order chi connectivity index (χ0) is 13.7. The number of aliphatic imine (C=N–C) groups is 1. The number of nitrogens with one attached hydrogen (secondary N) is 2. The minimum absolute atomic E-state index is 0.0458. The minimum atomic E-state index is -0.213.